The van der Waals surface area contributed by atoms with Gasteiger partial charge in [-0.05, 0) is 30.3 Å². The van der Waals surface area contributed by atoms with Gasteiger partial charge in [0, 0.05) is 12.3 Å². The minimum Gasteiger partial charge on any atom is -0.504 e. The van der Waals surface area contributed by atoms with Crippen LogP contribution in [0.1, 0.15) is 0 Å². The number of phenols is 1. The summed E-state index contributed by atoms with van der Waals surface area (Å²) in [6, 6.07) is 12.6. The highest BCUT2D eigenvalue weighted by atomic mass is 16.6. The molecule has 0 amide bonds. The summed E-state index contributed by atoms with van der Waals surface area (Å²) >= 11 is 0. The van der Waals surface area contributed by atoms with Crippen LogP contribution in [0.15, 0.2) is 54.7 Å². The van der Waals surface area contributed by atoms with E-state index in [0.717, 1.165) is 0 Å². The van der Waals surface area contributed by atoms with Crippen molar-refractivity contribution in [3.63, 3.8) is 0 Å². The molecule has 21 heavy (non-hydrogen) atoms. The van der Waals surface area contributed by atoms with Crippen LogP contribution in [0.5, 0.6) is 17.2 Å². The first-order chi connectivity index (χ1) is 10.2. The van der Waals surface area contributed by atoms with Crippen molar-refractivity contribution in [2.75, 3.05) is 0 Å². The van der Waals surface area contributed by atoms with E-state index in [9.17, 15) is 15.2 Å². The van der Waals surface area contributed by atoms with Crippen molar-refractivity contribution in [1.29, 1.82) is 0 Å². The van der Waals surface area contributed by atoms with Gasteiger partial charge in [0.1, 0.15) is 5.52 Å². The Morgan fingerprint density at radius 2 is 1.86 bits per heavy atom. The van der Waals surface area contributed by atoms with Crippen LogP contribution < -0.4 is 4.74 Å². The van der Waals surface area contributed by atoms with Crippen molar-refractivity contribution in [2.45, 2.75) is 0 Å². The van der Waals surface area contributed by atoms with E-state index in [-0.39, 0.29) is 17.2 Å². The van der Waals surface area contributed by atoms with Crippen LogP contribution in [0.3, 0.4) is 0 Å². The average molecular weight is 282 g/mol. The molecular formula is C15H10N2O4. The van der Waals surface area contributed by atoms with Crippen LogP contribution in [0.2, 0.25) is 0 Å². The van der Waals surface area contributed by atoms with Gasteiger partial charge in [-0.15, -0.1) is 0 Å². The molecule has 0 saturated heterocycles. The summed E-state index contributed by atoms with van der Waals surface area (Å²) < 4.78 is 5.62. The van der Waals surface area contributed by atoms with Gasteiger partial charge >= 0.3 is 0 Å². The number of aromatic hydroxyl groups is 1. The molecule has 0 unspecified atom stereocenters. The second-order valence-corrected chi connectivity index (χ2v) is 4.31. The lowest BCUT2D eigenvalue weighted by Crippen LogP contribution is -1.93. The molecule has 0 aliphatic heterocycles. The number of nitrogens with zero attached hydrogens (tertiary/aromatic N) is 2. The summed E-state index contributed by atoms with van der Waals surface area (Å²) in [6.07, 6.45) is 1.53. The predicted octanol–water partition coefficient (Wildman–Crippen LogP) is 3.64. The number of ether oxygens (including phenoxy) is 1. The van der Waals surface area contributed by atoms with Crippen LogP contribution in [0, 0.1) is 10.1 Å². The topological polar surface area (TPSA) is 85.5 Å². The lowest BCUT2D eigenvalue weighted by atomic mass is 10.1. The quantitative estimate of drug-likeness (QED) is 0.585. The Bertz CT molecular complexity index is 833. The SMILES string of the molecule is O=[N+]([O-])c1ccc(Oc2ccccc2O)c2ncccc12. The summed E-state index contributed by atoms with van der Waals surface area (Å²) in [7, 11) is 0. The molecule has 0 aliphatic carbocycles. The van der Waals surface area contributed by atoms with Gasteiger partial charge in [-0.2, -0.15) is 0 Å². The largest absolute Gasteiger partial charge is 0.504 e. The van der Waals surface area contributed by atoms with E-state index in [1.54, 1.807) is 30.3 Å². The predicted molar refractivity (Wildman–Crippen MR) is 76.6 cm³/mol. The van der Waals surface area contributed by atoms with Crippen molar-refractivity contribution in [3.05, 3.63) is 64.8 Å². The highest BCUT2D eigenvalue weighted by Gasteiger charge is 2.16. The molecule has 0 spiro atoms. The molecule has 6 heteroatoms. The number of benzene rings is 2. The number of rotatable bonds is 3. The van der Waals surface area contributed by atoms with Crippen molar-refractivity contribution in [2.24, 2.45) is 0 Å². The zero-order chi connectivity index (χ0) is 14.8. The first-order valence-corrected chi connectivity index (χ1v) is 6.15. The van der Waals surface area contributed by atoms with Crippen molar-refractivity contribution < 1.29 is 14.8 Å². The number of phenolic OH excluding ortho intramolecular Hbond substituents is 1. The number of pyridine rings is 1. The van der Waals surface area contributed by atoms with E-state index >= 15 is 0 Å². The van der Waals surface area contributed by atoms with Crippen LogP contribution in [0.25, 0.3) is 10.9 Å². The van der Waals surface area contributed by atoms with Gasteiger partial charge < -0.3 is 9.84 Å². The van der Waals surface area contributed by atoms with E-state index in [1.165, 1.54) is 24.4 Å². The smallest absolute Gasteiger partial charge is 0.279 e. The number of nitro benzene ring substituents is 1. The monoisotopic (exact) mass is 282 g/mol. The second-order valence-electron chi connectivity index (χ2n) is 4.31. The maximum atomic E-state index is 11.0. The molecule has 104 valence electrons. The third kappa shape index (κ3) is 2.34. The molecule has 0 fully saturated rings. The fraction of sp³-hybridized carbons (Fsp3) is 0. The zero-order valence-electron chi connectivity index (χ0n) is 10.8. The van der Waals surface area contributed by atoms with Crippen molar-refractivity contribution in [1.82, 2.24) is 4.98 Å². The van der Waals surface area contributed by atoms with E-state index < -0.39 is 4.92 Å². The number of aromatic nitrogens is 1. The Morgan fingerprint density at radius 3 is 2.62 bits per heavy atom. The number of fused-ring (bicyclic) bond motifs is 1. The average Bonchev–Trinajstić information content (AvgIpc) is 2.49. The third-order valence-electron chi connectivity index (χ3n) is 2.99. The molecule has 1 heterocycles. The van der Waals surface area contributed by atoms with Gasteiger partial charge in [0.25, 0.3) is 5.69 Å². The minimum absolute atomic E-state index is 0.0140. The maximum absolute atomic E-state index is 11.0. The first kappa shape index (κ1) is 12.9. The van der Waals surface area contributed by atoms with Crippen LogP contribution in [-0.2, 0) is 0 Å². The van der Waals surface area contributed by atoms with E-state index in [2.05, 4.69) is 4.98 Å². The van der Waals surface area contributed by atoms with Gasteiger partial charge in [0.15, 0.2) is 17.2 Å². The zero-order valence-corrected chi connectivity index (χ0v) is 10.8. The summed E-state index contributed by atoms with van der Waals surface area (Å²) in [5.41, 5.74) is 0.331. The van der Waals surface area contributed by atoms with Crippen LogP contribution in [0.4, 0.5) is 5.69 Å². The third-order valence-corrected chi connectivity index (χ3v) is 2.99. The molecular weight excluding hydrogens is 272 g/mol. The Kier molecular flexibility index (Phi) is 3.12. The number of hydrogen-bond donors (Lipinski definition) is 1. The molecule has 0 bridgehead atoms. The molecule has 1 N–H and O–H groups in total. The Morgan fingerprint density at radius 1 is 1.05 bits per heavy atom. The molecule has 0 radical (unpaired) electrons. The summed E-state index contributed by atoms with van der Waals surface area (Å²) in [5, 5.41) is 21.2. The summed E-state index contributed by atoms with van der Waals surface area (Å²) in [6.45, 7) is 0. The lowest BCUT2D eigenvalue weighted by Gasteiger charge is -2.09. The van der Waals surface area contributed by atoms with Crippen molar-refractivity contribution >= 4 is 16.6 Å². The van der Waals surface area contributed by atoms with E-state index in [0.29, 0.717) is 16.7 Å². The molecule has 0 saturated carbocycles. The summed E-state index contributed by atoms with van der Waals surface area (Å²) in [5.74, 6) is 0.593. The molecule has 3 rings (SSSR count). The number of nitro groups is 1. The molecule has 0 aliphatic rings. The Labute approximate surface area is 119 Å². The standard InChI is InChI=1S/C15H10N2O4/c18-12-5-1-2-6-13(12)21-14-8-7-11(17(19)20)10-4-3-9-16-15(10)14/h1-9,18H. The molecule has 2 aromatic carbocycles. The van der Waals surface area contributed by atoms with Gasteiger partial charge in [-0.25, -0.2) is 0 Å². The number of hydrogen-bond acceptors (Lipinski definition) is 5. The first-order valence-electron chi connectivity index (χ1n) is 6.15. The van der Waals surface area contributed by atoms with Gasteiger partial charge in [-0.1, -0.05) is 12.1 Å². The maximum Gasteiger partial charge on any atom is 0.279 e. The van der Waals surface area contributed by atoms with Gasteiger partial charge in [0.05, 0.1) is 10.3 Å². The Balaban J connectivity index is 2.14. The van der Waals surface area contributed by atoms with E-state index in [1.807, 2.05) is 0 Å². The number of non-ortho nitro benzene ring substituents is 1. The fourth-order valence-electron chi connectivity index (χ4n) is 2.04. The molecule has 3 aromatic rings. The summed E-state index contributed by atoms with van der Waals surface area (Å²) in [4.78, 5) is 14.7. The van der Waals surface area contributed by atoms with E-state index in [4.69, 9.17) is 4.74 Å². The second kappa shape index (κ2) is 5.09. The Hall–Kier alpha value is -3.15. The number of para-hydroxylation sites is 2. The van der Waals surface area contributed by atoms with Crippen molar-refractivity contribution in [3.8, 4) is 17.2 Å². The molecule has 6 nitrogen and oxygen atoms in total. The van der Waals surface area contributed by atoms with Crippen LogP contribution >= 0.6 is 0 Å². The normalized spacial score (nSPS) is 10.5. The highest BCUT2D eigenvalue weighted by molar-refractivity contribution is 5.92. The minimum atomic E-state index is -0.465. The van der Waals surface area contributed by atoms with Gasteiger partial charge in [-0.3, -0.25) is 15.1 Å². The van der Waals surface area contributed by atoms with Gasteiger partial charge in [0.2, 0.25) is 0 Å². The molecule has 1 aromatic heterocycles. The fourth-order valence-corrected chi connectivity index (χ4v) is 2.04. The molecule has 0 atom stereocenters. The van der Waals surface area contributed by atoms with Crippen LogP contribution in [-0.4, -0.2) is 15.0 Å². The highest BCUT2D eigenvalue weighted by Crippen LogP contribution is 2.36. The lowest BCUT2D eigenvalue weighted by molar-refractivity contribution is -0.383.